The molecule has 1 aliphatic carbocycles. The highest BCUT2D eigenvalue weighted by Crippen LogP contribution is 2.41. The summed E-state index contributed by atoms with van der Waals surface area (Å²) in [5, 5.41) is 5.82. The van der Waals surface area contributed by atoms with Crippen LogP contribution in [0.15, 0.2) is 25.3 Å². The monoisotopic (exact) mass is 526 g/mol. The lowest BCUT2D eigenvalue weighted by Crippen LogP contribution is -2.57. The minimum atomic E-state index is -0.619. The zero-order valence-electron chi connectivity index (χ0n) is 22.5. The highest BCUT2D eigenvalue weighted by atomic mass is 16.6. The van der Waals surface area contributed by atoms with Gasteiger partial charge in [0.1, 0.15) is 6.61 Å². The molecule has 0 aromatic rings. The summed E-state index contributed by atoms with van der Waals surface area (Å²) < 4.78 is 26.0. The van der Waals surface area contributed by atoms with Crippen molar-refractivity contribution in [3.05, 3.63) is 25.3 Å². The number of ether oxygens (including phenoxy) is 5. The molecule has 2 amide bonds. The standard InChI is InChI=1S/C26H42N2O9/c1-7-21(29)35-12-10-11-33-15-19(16-36-22(30)8-2)17-37-24(32)28-26(6)14-20(13-25(4,5)18-26)27-23(31)34-9-3/h7-8,19-20H,1-2,9-18H2,3-6H3,(H,27,31)(H,28,32). The van der Waals surface area contributed by atoms with Crippen LogP contribution in [0.25, 0.3) is 0 Å². The van der Waals surface area contributed by atoms with Crippen molar-refractivity contribution in [1.82, 2.24) is 10.6 Å². The second-order valence-corrected chi connectivity index (χ2v) is 10.1. The van der Waals surface area contributed by atoms with E-state index in [0.29, 0.717) is 25.9 Å². The van der Waals surface area contributed by atoms with Gasteiger partial charge in [0, 0.05) is 36.8 Å². The summed E-state index contributed by atoms with van der Waals surface area (Å²) >= 11 is 0. The Morgan fingerprint density at radius 3 is 2.19 bits per heavy atom. The third kappa shape index (κ3) is 13.7. The van der Waals surface area contributed by atoms with Gasteiger partial charge in [-0.05, 0) is 38.5 Å². The number of carbonyl (C=O) groups excluding carboxylic acids is 4. The predicted octanol–water partition coefficient (Wildman–Crippen LogP) is 3.28. The number of carbonyl (C=O) groups is 4. The number of hydrogen-bond acceptors (Lipinski definition) is 9. The van der Waals surface area contributed by atoms with Gasteiger partial charge >= 0.3 is 24.1 Å². The zero-order valence-corrected chi connectivity index (χ0v) is 22.5. The van der Waals surface area contributed by atoms with E-state index >= 15 is 0 Å². The van der Waals surface area contributed by atoms with Crippen molar-refractivity contribution in [2.45, 2.75) is 65.0 Å². The maximum Gasteiger partial charge on any atom is 0.407 e. The van der Waals surface area contributed by atoms with Crippen LogP contribution >= 0.6 is 0 Å². The fourth-order valence-electron chi connectivity index (χ4n) is 4.54. The normalized spacial score (nSPS) is 21.0. The van der Waals surface area contributed by atoms with Crippen LogP contribution in [-0.4, -0.2) is 75.3 Å². The van der Waals surface area contributed by atoms with Gasteiger partial charge in [-0.3, -0.25) is 0 Å². The van der Waals surface area contributed by atoms with Crippen LogP contribution < -0.4 is 10.6 Å². The Hall–Kier alpha value is -3.08. The molecule has 1 fully saturated rings. The summed E-state index contributed by atoms with van der Waals surface area (Å²) in [4.78, 5) is 47.2. The van der Waals surface area contributed by atoms with E-state index in [9.17, 15) is 19.2 Å². The van der Waals surface area contributed by atoms with E-state index in [1.54, 1.807) is 6.92 Å². The van der Waals surface area contributed by atoms with Crippen LogP contribution in [0, 0.1) is 11.3 Å². The van der Waals surface area contributed by atoms with Crippen molar-refractivity contribution in [2.75, 3.05) is 39.6 Å². The Balaban J connectivity index is 2.61. The number of nitrogens with one attached hydrogen (secondary N) is 2. The van der Waals surface area contributed by atoms with E-state index in [0.717, 1.165) is 18.6 Å². The molecule has 3 unspecified atom stereocenters. The molecule has 0 aromatic heterocycles. The molecular formula is C26H42N2O9. The average Bonchev–Trinajstić information content (AvgIpc) is 2.80. The molecule has 0 bridgehead atoms. The Morgan fingerprint density at radius 1 is 0.892 bits per heavy atom. The van der Waals surface area contributed by atoms with Crippen LogP contribution in [0.2, 0.25) is 0 Å². The van der Waals surface area contributed by atoms with Gasteiger partial charge in [-0.1, -0.05) is 27.0 Å². The van der Waals surface area contributed by atoms with E-state index in [1.165, 1.54) is 0 Å². The molecule has 0 radical (unpaired) electrons. The van der Waals surface area contributed by atoms with Gasteiger partial charge in [0.25, 0.3) is 0 Å². The first-order valence-corrected chi connectivity index (χ1v) is 12.5. The van der Waals surface area contributed by atoms with Crippen LogP contribution in [-0.2, 0) is 33.3 Å². The van der Waals surface area contributed by atoms with Crippen LogP contribution in [0.1, 0.15) is 53.4 Å². The van der Waals surface area contributed by atoms with Crippen molar-refractivity contribution in [2.24, 2.45) is 11.3 Å². The first-order chi connectivity index (χ1) is 17.4. The Bertz CT molecular complexity index is 799. The molecule has 1 rings (SSSR count). The maximum absolute atomic E-state index is 12.7. The van der Waals surface area contributed by atoms with Crippen molar-refractivity contribution >= 4 is 24.1 Å². The maximum atomic E-state index is 12.7. The number of amides is 2. The zero-order chi connectivity index (χ0) is 27.9. The van der Waals surface area contributed by atoms with Gasteiger partial charge in [-0.2, -0.15) is 0 Å². The summed E-state index contributed by atoms with van der Waals surface area (Å²) in [6.45, 7) is 15.3. The molecule has 0 heterocycles. The molecule has 0 aromatic carbocycles. The lowest BCUT2D eigenvalue weighted by atomic mass is 9.67. The molecule has 11 heteroatoms. The summed E-state index contributed by atoms with van der Waals surface area (Å²) in [6.07, 6.45) is 3.46. The van der Waals surface area contributed by atoms with Gasteiger partial charge in [0.05, 0.1) is 32.3 Å². The highest BCUT2D eigenvalue weighted by molar-refractivity contribution is 5.81. The minimum absolute atomic E-state index is 0.0284. The lowest BCUT2D eigenvalue weighted by Gasteiger charge is -2.46. The number of rotatable bonds is 15. The Kier molecular flexibility index (Phi) is 13.7. The Labute approximate surface area is 219 Å². The van der Waals surface area contributed by atoms with Gasteiger partial charge in [-0.25, -0.2) is 19.2 Å². The van der Waals surface area contributed by atoms with E-state index in [2.05, 4.69) is 37.6 Å². The van der Waals surface area contributed by atoms with Crippen molar-refractivity contribution < 1.29 is 42.9 Å². The fourth-order valence-corrected chi connectivity index (χ4v) is 4.54. The first-order valence-electron chi connectivity index (χ1n) is 12.5. The SMILES string of the molecule is C=CC(=O)OCCCOCC(COC(=O)C=C)COC(=O)NC1(C)CC(NC(=O)OCC)CC(C)(C)C1. The molecule has 0 saturated heterocycles. The molecule has 1 aliphatic rings. The summed E-state index contributed by atoms with van der Waals surface area (Å²) in [5.74, 6) is -1.52. The van der Waals surface area contributed by atoms with E-state index in [4.69, 9.17) is 23.7 Å². The van der Waals surface area contributed by atoms with Crippen LogP contribution in [0.4, 0.5) is 9.59 Å². The third-order valence-corrected chi connectivity index (χ3v) is 5.64. The van der Waals surface area contributed by atoms with E-state index < -0.39 is 35.6 Å². The largest absolute Gasteiger partial charge is 0.462 e. The van der Waals surface area contributed by atoms with Gasteiger partial charge in [0.15, 0.2) is 0 Å². The average molecular weight is 527 g/mol. The molecule has 210 valence electrons. The number of esters is 2. The fraction of sp³-hybridized carbons (Fsp3) is 0.692. The summed E-state index contributed by atoms with van der Waals surface area (Å²) in [7, 11) is 0. The minimum Gasteiger partial charge on any atom is -0.462 e. The molecular weight excluding hydrogens is 484 g/mol. The molecule has 0 aliphatic heterocycles. The van der Waals surface area contributed by atoms with Gasteiger partial charge in [-0.15, -0.1) is 0 Å². The van der Waals surface area contributed by atoms with Crippen molar-refractivity contribution in [3.63, 3.8) is 0 Å². The second-order valence-electron chi connectivity index (χ2n) is 10.1. The predicted molar refractivity (Wildman–Crippen MR) is 136 cm³/mol. The smallest absolute Gasteiger partial charge is 0.407 e. The summed E-state index contributed by atoms with van der Waals surface area (Å²) in [6, 6.07) is -0.168. The molecule has 11 nitrogen and oxygen atoms in total. The topological polar surface area (TPSA) is 138 Å². The lowest BCUT2D eigenvalue weighted by molar-refractivity contribution is -0.140. The highest BCUT2D eigenvalue weighted by Gasteiger charge is 2.43. The van der Waals surface area contributed by atoms with Gasteiger partial charge in [0.2, 0.25) is 0 Å². The molecule has 1 saturated carbocycles. The number of hydrogen-bond donors (Lipinski definition) is 2. The molecule has 3 atom stereocenters. The third-order valence-electron chi connectivity index (χ3n) is 5.64. The van der Waals surface area contributed by atoms with Crippen LogP contribution in [0.5, 0.6) is 0 Å². The Morgan fingerprint density at radius 2 is 1.54 bits per heavy atom. The van der Waals surface area contributed by atoms with Crippen molar-refractivity contribution in [1.29, 1.82) is 0 Å². The van der Waals surface area contributed by atoms with E-state index in [1.807, 2.05) is 6.92 Å². The second kappa shape index (κ2) is 15.9. The van der Waals surface area contributed by atoms with Crippen molar-refractivity contribution in [3.8, 4) is 0 Å². The quantitative estimate of drug-likeness (QED) is 0.142. The first kappa shape index (κ1) is 31.9. The van der Waals surface area contributed by atoms with Gasteiger partial charge < -0.3 is 34.3 Å². The number of alkyl carbamates (subject to hydrolysis) is 2. The molecule has 0 spiro atoms. The van der Waals surface area contributed by atoms with E-state index in [-0.39, 0.29) is 44.5 Å². The van der Waals surface area contributed by atoms with Crippen LogP contribution in [0.3, 0.4) is 0 Å². The molecule has 2 N–H and O–H groups in total. The summed E-state index contributed by atoms with van der Waals surface area (Å²) in [5.41, 5.74) is -0.757. The molecule has 37 heavy (non-hydrogen) atoms.